The zero-order valence-corrected chi connectivity index (χ0v) is 10.6. The molecule has 0 aliphatic rings. The highest BCUT2D eigenvalue weighted by molar-refractivity contribution is 5.74. The minimum Gasteiger partial charge on any atom is -0.468 e. The number of rotatable bonds is 5. The Morgan fingerprint density at radius 1 is 1.53 bits per heavy atom. The van der Waals surface area contributed by atoms with Gasteiger partial charge in [-0.1, -0.05) is 0 Å². The summed E-state index contributed by atoms with van der Waals surface area (Å²) in [7, 11) is 3.30. The Morgan fingerprint density at radius 3 is 2.82 bits per heavy atom. The van der Waals surface area contributed by atoms with Crippen LogP contribution in [0.5, 0.6) is 0 Å². The summed E-state index contributed by atoms with van der Waals surface area (Å²) in [6.45, 7) is 4.81. The minimum absolute atomic E-state index is 0.0994. The molecular formula is C11H18N4O2. The number of methoxy groups -OCH3 is 1. The second-order valence-corrected chi connectivity index (χ2v) is 3.60. The van der Waals surface area contributed by atoms with Crippen LogP contribution in [0.15, 0.2) is 6.07 Å². The summed E-state index contributed by atoms with van der Waals surface area (Å²) >= 11 is 0. The van der Waals surface area contributed by atoms with Crippen molar-refractivity contribution in [3.8, 4) is 0 Å². The van der Waals surface area contributed by atoms with Crippen molar-refractivity contribution in [3.63, 3.8) is 0 Å². The molecule has 94 valence electrons. The van der Waals surface area contributed by atoms with Gasteiger partial charge in [-0.2, -0.15) is 0 Å². The number of ether oxygens (including phenoxy) is 1. The van der Waals surface area contributed by atoms with Crippen LogP contribution >= 0.6 is 0 Å². The van der Waals surface area contributed by atoms with Crippen molar-refractivity contribution in [1.29, 1.82) is 0 Å². The van der Waals surface area contributed by atoms with Gasteiger partial charge in [0, 0.05) is 19.7 Å². The summed E-state index contributed by atoms with van der Waals surface area (Å²) in [5.41, 5.74) is 0. The van der Waals surface area contributed by atoms with Gasteiger partial charge >= 0.3 is 5.97 Å². The van der Waals surface area contributed by atoms with Gasteiger partial charge in [0.1, 0.15) is 24.0 Å². The number of carbonyl (C=O) groups is 1. The molecule has 1 N–H and O–H groups in total. The number of esters is 1. The molecule has 1 aromatic heterocycles. The van der Waals surface area contributed by atoms with E-state index in [2.05, 4.69) is 20.0 Å². The first-order valence-corrected chi connectivity index (χ1v) is 5.44. The van der Waals surface area contributed by atoms with E-state index in [1.807, 2.05) is 25.8 Å². The van der Waals surface area contributed by atoms with Gasteiger partial charge in [-0.05, 0) is 13.8 Å². The summed E-state index contributed by atoms with van der Waals surface area (Å²) in [4.78, 5) is 21.5. The summed E-state index contributed by atoms with van der Waals surface area (Å²) < 4.78 is 4.55. The summed E-state index contributed by atoms with van der Waals surface area (Å²) in [6, 6.07) is 1.80. The average Bonchev–Trinajstić information content (AvgIpc) is 2.34. The standard InChI is InChI=1S/C11H18N4O2/c1-5-15(3)10-6-9(13-8(2)14-10)12-7-11(16)17-4/h6H,5,7H2,1-4H3,(H,12,13,14). The van der Waals surface area contributed by atoms with E-state index < -0.39 is 0 Å². The van der Waals surface area contributed by atoms with Crippen molar-refractivity contribution in [2.24, 2.45) is 0 Å². The molecule has 0 aliphatic heterocycles. The third-order valence-electron chi connectivity index (χ3n) is 2.33. The van der Waals surface area contributed by atoms with Gasteiger partial charge in [-0.3, -0.25) is 4.79 Å². The SMILES string of the molecule is CCN(C)c1cc(NCC(=O)OC)nc(C)n1. The van der Waals surface area contributed by atoms with E-state index >= 15 is 0 Å². The van der Waals surface area contributed by atoms with Gasteiger partial charge < -0.3 is 15.0 Å². The molecule has 0 spiro atoms. The maximum absolute atomic E-state index is 11.0. The fraction of sp³-hybridized carbons (Fsp3) is 0.545. The molecule has 1 heterocycles. The quantitative estimate of drug-likeness (QED) is 0.766. The van der Waals surface area contributed by atoms with Crippen LogP contribution in [-0.4, -0.2) is 43.2 Å². The Labute approximate surface area is 101 Å². The van der Waals surface area contributed by atoms with Crippen LogP contribution in [0.25, 0.3) is 0 Å². The van der Waals surface area contributed by atoms with Gasteiger partial charge in [0.2, 0.25) is 0 Å². The molecule has 0 saturated carbocycles. The lowest BCUT2D eigenvalue weighted by Crippen LogP contribution is -2.20. The van der Waals surface area contributed by atoms with Crippen molar-refractivity contribution in [3.05, 3.63) is 11.9 Å². The topological polar surface area (TPSA) is 67.4 Å². The number of aryl methyl sites for hydroxylation is 1. The predicted octanol–water partition coefficient (Wildman–Crippen LogP) is 0.826. The van der Waals surface area contributed by atoms with E-state index in [9.17, 15) is 4.79 Å². The first-order chi connectivity index (χ1) is 8.06. The van der Waals surface area contributed by atoms with E-state index in [-0.39, 0.29) is 12.5 Å². The highest BCUT2D eigenvalue weighted by Crippen LogP contribution is 2.14. The second kappa shape index (κ2) is 6.03. The Balaban J connectivity index is 2.78. The lowest BCUT2D eigenvalue weighted by atomic mass is 10.4. The summed E-state index contributed by atoms with van der Waals surface area (Å²) in [5, 5.41) is 2.90. The third kappa shape index (κ3) is 3.90. The minimum atomic E-state index is -0.327. The maximum atomic E-state index is 11.0. The van der Waals surface area contributed by atoms with Crippen molar-refractivity contribution in [2.75, 3.05) is 37.5 Å². The number of anilines is 2. The predicted molar refractivity (Wildman–Crippen MR) is 66.2 cm³/mol. The molecule has 0 aliphatic carbocycles. The molecule has 17 heavy (non-hydrogen) atoms. The number of aromatic nitrogens is 2. The Morgan fingerprint density at radius 2 is 2.24 bits per heavy atom. The van der Waals surface area contributed by atoms with Crippen LogP contribution in [0, 0.1) is 6.92 Å². The Hall–Kier alpha value is -1.85. The molecular weight excluding hydrogens is 220 g/mol. The van der Waals surface area contributed by atoms with Crippen LogP contribution < -0.4 is 10.2 Å². The van der Waals surface area contributed by atoms with Gasteiger partial charge in [0.15, 0.2) is 0 Å². The maximum Gasteiger partial charge on any atom is 0.325 e. The van der Waals surface area contributed by atoms with E-state index in [1.165, 1.54) is 7.11 Å². The molecule has 0 fully saturated rings. The molecule has 0 unspecified atom stereocenters. The number of nitrogens with one attached hydrogen (secondary N) is 1. The van der Waals surface area contributed by atoms with Crippen LogP contribution in [0.1, 0.15) is 12.7 Å². The summed E-state index contributed by atoms with van der Waals surface area (Å²) in [5.74, 6) is 1.78. The van der Waals surface area contributed by atoms with Gasteiger partial charge in [0.05, 0.1) is 7.11 Å². The molecule has 0 amide bonds. The van der Waals surface area contributed by atoms with E-state index in [0.29, 0.717) is 11.6 Å². The normalized spacial score (nSPS) is 9.88. The molecule has 0 bridgehead atoms. The van der Waals surface area contributed by atoms with Crippen LogP contribution in [0.4, 0.5) is 11.6 Å². The molecule has 6 nitrogen and oxygen atoms in total. The zero-order valence-electron chi connectivity index (χ0n) is 10.6. The summed E-state index contributed by atoms with van der Waals surface area (Å²) in [6.07, 6.45) is 0. The van der Waals surface area contributed by atoms with E-state index in [0.717, 1.165) is 12.4 Å². The third-order valence-corrected chi connectivity index (χ3v) is 2.33. The largest absolute Gasteiger partial charge is 0.468 e. The smallest absolute Gasteiger partial charge is 0.325 e. The number of hydrogen-bond donors (Lipinski definition) is 1. The van der Waals surface area contributed by atoms with E-state index in [4.69, 9.17) is 0 Å². The lowest BCUT2D eigenvalue weighted by Gasteiger charge is -2.16. The highest BCUT2D eigenvalue weighted by atomic mass is 16.5. The van der Waals surface area contributed by atoms with Gasteiger partial charge in [-0.25, -0.2) is 9.97 Å². The van der Waals surface area contributed by atoms with Crippen LogP contribution in [0.2, 0.25) is 0 Å². The number of carbonyl (C=O) groups excluding carboxylic acids is 1. The zero-order chi connectivity index (χ0) is 12.8. The van der Waals surface area contributed by atoms with Crippen molar-refractivity contribution >= 4 is 17.6 Å². The van der Waals surface area contributed by atoms with E-state index in [1.54, 1.807) is 6.07 Å². The Kier molecular flexibility index (Phi) is 4.68. The van der Waals surface area contributed by atoms with Crippen molar-refractivity contribution < 1.29 is 9.53 Å². The number of hydrogen-bond acceptors (Lipinski definition) is 6. The molecule has 0 saturated heterocycles. The number of nitrogens with zero attached hydrogens (tertiary/aromatic N) is 3. The fourth-order valence-corrected chi connectivity index (χ4v) is 1.23. The average molecular weight is 238 g/mol. The lowest BCUT2D eigenvalue weighted by molar-refractivity contribution is -0.138. The van der Waals surface area contributed by atoms with Gasteiger partial charge in [0.25, 0.3) is 0 Å². The van der Waals surface area contributed by atoms with Crippen molar-refractivity contribution in [1.82, 2.24) is 9.97 Å². The van der Waals surface area contributed by atoms with Crippen LogP contribution in [-0.2, 0) is 9.53 Å². The molecule has 6 heteroatoms. The Bertz CT molecular complexity index is 395. The molecule has 0 radical (unpaired) electrons. The monoisotopic (exact) mass is 238 g/mol. The fourth-order valence-electron chi connectivity index (χ4n) is 1.23. The molecule has 1 aromatic rings. The first-order valence-electron chi connectivity index (χ1n) is 5.44. The molecule has 0 atom stereocenters. The molecule has 0 aromatic carbocycles. The van der Waals surface area contributed by atoms with Crippen molar-refractivity contribution in [2.45, 2.75) is 13.8 Å². The van der Waals surface area contributed by atoms with Crippen LogP contribution in [0.3, 0.4) is 0 Å². The molecule has 1 rings (SSSR count). The highest BCUT2D eigenvalue weighted by Gasteiger charge is 2.06. The second-order valence-electron chi connectivity index (χ2n) is 3.60. The van der Waals surface area contributed by atoms with Gasteiger partial charge in [-0.15, -0.1) is 0 Å². The first kappa shape index (κ1) is 13.2.